The van der Waals surface area contributed by atoms with Crippen molar-refractivity contribution in [2.24, 2.45) is 5.92 Å². The average Bonchev–Trinajstić information content (AvgIpc) is 2.80. The lowest BCUT2D eigenvalue weighted by Gasteiger charge is -2.40. The van der Waals surface area contributed by atoms with E-state index in [1.807, 2.05) is 59.7 Å². The Morgan fingerprint density at radius 2 is 1.59 bits per heavy atom. The summed E-state index contributed by atoms with van der Waals surface area (Å²) in [7, 11) is 0. The Morgan fingerprint density at radius 1 is 1.03 bits per heavy atom. The van der Waals surface area contributed by atoms with E-state index in [4.69, 9.17) is 4.74 Å². The number of hydrogen-bond acceptors (Lipinski definition) is 4. The summed E-state index contributed by atoms with van der Waals surface area (Å²) in [6, 6.07) is 4.15. The maximum Gasteiger partial charge on any atom is 0.408 e. The number of amides is 3. The fourth-order valence-electron chi connectivity index (χ4n) is 5.14. The van der Waals surface area contributed by atoms with Gasteiger partial charge in [0.15, 0.2) is 0 Å². The van der Waals surface area contributed by atoms with Crippen molar-refractivity contribution in [3.05, 3.63) is 34.9 Å². The number of hydrogen-bond donors (Lipinski definition) is 2. The van der Waals surface area contributed by atoms with E-state index in [2.05, 4.69) is 10.6 Å². The molecule has 2 N–H and O–H groups in total. The van der Waals surface area contributed by atoms with Crippen LogP contribution in [0.2, 0.25) is 0 Å². The van der Waals surface area contributed by atoms with Gasteiger partial charge in [-0.15, -0.1) is 0 Å². The fourth-order valence-corrected chi connectivity index (χ4v) is 5.14. The molecule has 0 spiro atoms. The minimum Gasteiger partial charge on any atom is -0.444 e. The Balaban J connectivity index is 2.53. The second-order valence-electron chi connectivity index (χ2n) is 11.9. The summed E-state index contributed by atoms with van der Waals surface area (Å²) in [5, 5.41) is 6.10. The van der Waals surface area contributed by atoms with Crippen molar-refractivity contribution in [2.45, 2.75) is 131 Å². The fraction of sp³-hybridized carbons (Fsp3) is 0.700. The second kappa shape index (κ2) is 13.3. The third-order valence-electron chi connectivity index (χ3n) is 7.26. The first-order chi connectivity index (χ1) is 17.3. The summed E-state index contributed by atoms with van der Waals surface area (Å²) < 4.78 is 5.48. The Labute approximate surface area is 224 Å². The lowest BCUT2D eigenvalue weighted by molar-refractivity contribution is -0.146. The van der Waals surface area contributed by atoms with Gasteiger partial charge in [-0.1, -0.05) is 57.7 Å². The van der Waals surface area contributed by atoms with Crippen LogP contribution in [-0.2, 0) is 14.3 Å². The zero-order valence-electron chi connectivity index (χ0n) is 24.4. The Morgan fingerprint density at radius 3 is 2.08 bits per heavy atom. The van der Waals surface area contributed by atoms with Crippen LogP contribution in [0.3, 0.4) is 0 Å². The minimum absolute atomic E-state index is 0.113. The molecule has 7 nitrogen and oxygen atoms in total. The van der Waals surface area contributed by atoms with Gasteiger partial charge >= 0.3 is 6.09 Å². The number of ether oxygens (including phenoxy) is 1. The van der Waals surface area contributed by atoms with Gasteiger partial charge in [0, 0.05) is 12.1 Å². The average molecular weight is 516 g/mol. The number of rotatable bonds is 9. The van der Waals surface area contributed by atoms with E-state index in [1.165, 1.54) is 6.42 Å². The molecule has 3 atom stereocenters. The molecular weight excluding hydrogens is 466 g/mol. The van der Waals surface area contributed by atoms with Gasteiger partial charge in [0.05, 0.1) is 0 Å². The molecule has 0 radical (unpaired) electrons. The summed E-state index contributed by atoms with van der Waals surface area (Å²) in [6.45, 7) is 17.1. The monoisotopic (exact) mass is 515 g/mol. The molecule has 0 aromatic heterocycles. The smallest absolute Gasteiger partial charge is 0.408 e. The van der Waals surface area contributed by atoms with Crippen molar-refractivity contribution in [1.29, 1.82) is 0 Å². The van der Waals surface area contributed by atoms with Crippen LogP contribution in [0.1, 0.15) is 110 Å². The van der Waals surface area contributed by atoms with Crippen LogP contribution in [-0.4, -0.2) is 46.5 Å². The molecule has 1 aromatic rings. The van der Waals surface area contributed by atoms with Gasteiger partial charge in [-0.2, -0.15) is 0 Å². The number of nitrogens with one attached hydrogen (secondary N) is 2. The summed E-state index contributed by atoms with van der Waals surface area (Å²) in [5.74, 6) is -0.588. The first kappa shape index (κ1) is 30.7. The van der Waals surface area contributed by atoms with Crippen molar-refractivity contribution in [3.63, 3.8) is 0 Å². The summed E-state index contributed by atoms with van der Waals surface area (Å²) in [5.41, 5.74) is 2.08. The quantitative estimate of drug-likeness (QED) is 0.424. The van der Waals surface area contributed by atoms with Crippen LogP contribution in [0.25, 0.3) is 0 Å². The van der Waals surface area contributed by atoms with Gasteiger partial charge in [-0.25, -0.2) is 4.79 Å². The van der Waals surface area contributed by atoms with Crippen molar-refractivity contribution in [1.82, 2.24) is 15.5 Å². The number of alkyl carbamates (subject to hydrolysis) is 1. The van der Waals surface area contributed by atoms with Crippen LogP contribution in [0.4, 0.5) is 4.79 Å². The number of carbonyl (C=O) groups is 3. The summed E-state index contributed by atoms with van der Waals surface area (Å²) >= 11 is 0. The third-order valence-corrected chi connectivity index (χ3v) is 7.26. The summed E-state index contributed by atoms with van der Waals surface area (Å²) in [6.07, 6.45) is 5.35. The van der Waals surface area contributed by atoms with Crippen LogP contribution in [0.5, 0.6) is 0 Å². The second-order valence-corrected chi connectivity index (χ2v) is 11.9. The maximum atomic E-state index is 14.3. The number of aryl methyl sites for hydroxylation is 2. The third kappa shape index (κ3) is 8.47. The van der Waals surface area contributed by atoms with Crippen LogP contribution in [0.15, 0.2) is 18.2 Å². The largest absolute Gasteiger partial charge is 0.444 e. The first-order valence-corrected chi connectivity index (χ1v) is 13.9. The van der Waals surface area contributed by atoms with Crippen molar-refractivity contribution >= 4 is 17.9 Å². The van der Waals surface area contributed by atoms with Gasteiger partial charge in [-0.3, -0.25) is 9.59 Å². The van der Waals surface area contributed by atoms with Gasteiger partial charge in [0.1, 0.15) is 17.7 Å². The minimum atomic E-state index is -0.823. The standard InChI is InChI=1S/C30H49N3O4/c1-10-20(4)25(32-29(36)37-30(7,8)9)28(35)33(19(2)3)26(24-21(5)15-14-16-22(24)6)27(34)31-23-17-12-11-13-18-23/h14-16,19-20,23,25-26H,10-13,17-18H2,1-9H3,(H,31,34)(H,32,36). The molecule has 1 fully saturated rings. The zero-order chi connectivity index (χ0) is 27.9. The van der Waals surface area contributed by atoms with Gasteiger partial charge in [-0.05, 0) is 83.9 Å². The maximum absolute atomic E-state index is 14.3. The zero-order valence-corrected chi connectivity index (χ0v) is 24.4. The highest BCUT2D eigenvalue weighted by molar-refractivity contribution is 5.93. The molecule has 0 aliphatic heterocycles. The van der Waals surface area contributed by atoms with Crippen molar-refractivity contribution < 1.29 is 19.1 Å². The van der Waals surface area contributed by atoms with Gasteiger partial charge in [0.25, 0.3) is 0 Å². The van der Waals surface area contributed by atoms with Gasteiger partial charge < -0.3 is 20.3 Å². The normalized spacial score (nSPS) is 17.0. The summed E-state index contributed by atoms with van der Waals surface area (Å²) in [4.78, 5) is 42.7. The number of carbonyl (C=O) groups excluding carboxylic acids is 3. The van der Waals surface area contributed by atoms with Crippen molar-refractivity contribution in [3.8, 4) is 0 Å². The molecule has 3 unspecified atom stereocenters. The van der Waals surface area contributed by atoms with E-state index in [0.717, 1.165) is 42.4 Å². The molecule has 0 bridgehead atoms. The molecule has 208 valence electrons. The first-order valence-electron chi connectivity index (χ1n) is 13.9. The molecule has 37 heavy (non-hydrogen) atoms. The van der Waals surface area contributed by atoms with Crippen LogP contribution < -0.4 is 10.6 Å². The molecule has 1 aliphatic carbocycles. The predicted molar refractivity (Wildman–Crippen MR) is 148 cm³/mol. The highest BCUT2D eigenvalue weighted by atomic mass is 16.6. The van der Waals surface area contributed by atoms with Crippen molar-refractivity contribution in [2.75, 3.05) is 0 Å². The lowest BCUT2D eigenvalue weighted by atomic mass is 9.90. The molecule has 7 heteroatoms. The highest BCUT2D eigenvalue weighted by Gasteiger charge is 2.40. The Kier molecular flexibility index (Phi) is 11.0. The molecule has 1 aromatic carbocycles. The van der Waals surface area contributed by atoms with Crippen LogP contribution >= 0.6 is 0 Å². The Bertz CT molecular complexity index is 911. The van der Waals surface area contributed by atoms with E-state index in [-0.39, 0.29) is 29.8 Å². The van der Waals surface area contributed by atoms with E-state index >= 15 is 0 Å². The van der Waals surface area contributed by atoms with E-state index in [1.54, 1.807) is 25.7 Å². The molecular formula is C30H49N3O4. The topological polar surface area (TPSA) is 87.7 Å². The molecule has 0 saturated heterocycles. The van der Waals surface area contributed by atoms with E-state index < -0.39 is 23.8 Å². The van der Waals surface area contributed by atoms with E-state index in [9.17, 15) is 14.4 Å². The number of benzene rings is 1. The number of nitrogens with zero attached hydrogens (tertiary/aromatic N) is 1. The Hall–Kier alpha value is -2.57. The SMILES string of the molecule is CCC(C)C(NC(=O)OC(C)(C)C)C(=O)N(C(C)C)C(C(=O)NC1CCCCC1)c1c(C)cccc1C. The molecule has 0 heterocycles. The predicted octanol–water partition coefficient (Wildman–Crippen LogP) is 5.97. The highest BCUT2D eigenvalue weighted by Crippen LogP contribution is 2.32. The van der Waals surface area contributed by atoms with Crippen LogP contribution in [0, 0.1) is 19.8 Å². The molecule has 2 rings (SSSR count). The molecule has 1 saturated carbocycles. The van der Waals surface area contributed by atoms with E-state index in [0.29, 0.717) is 6.42 Å². The lowest BCUT2D eigenvalue weighted by Crippen LogP contribution is -2.57. The molecule has 3 amide bonds. The molecule has 1 aliphatic rings. The van der Waals surface area contributed by atoms with Gasteiger partial charge in [0.2, 0.25) is 11.8 Å².